The summed E-state index contributed by atoms with van der Waals surface area (Å²) in [4.78, 5) is 8.56. The third-order valence-corrected chi connectivity index (χ3v) is 3.40. The number of H-pyrrole nitrogens is 1. The fraction of sp³-hybridized carbons (Fsp3) is 0. The summed E-state index contributed by atoms with van der Waals surface area (Å²) in [5.41, 5.74) is 4.30. The van der Waals surface area contributed by atoms with Gasteiger partial charge >= 0.3 is 0 Å². The van der Waals surface area contributed by atoms with E-state index in [2.05, 4.69) is 25.4 Å². The van der Waals surface area contributed by atoms with Gasteiger partial charge in [-0.25, -0.2) is 9.37 Å². The van der Waals surface area contributed by atoms with Crippen molar-refractivity contribution >= 4 is 11.2 Å². The van der Waals surface area contributed by atoms with Crippen LogP contribution in [0.5, 0.6) is 0 Å². The van der Waals surface area contributed by atoms with E-state index in [0.717, 1.165) is 11.1 Å². The molecule has 4 aromatic rings. The molecule has 106 valence electrons. The second-order valence-electron chi connectivity index (χ2n) is 4.80. The molecule has 0 saturated heterocycles. The summed E-state index contributed by atoms with van der Waals surface area (Å²) in [6, 6.07) is 12.0. The van der Waals surface area contributed by atoms with Gasteiger partial charge in [0.05, 0.1) is 5.69 Å². The number of halogens is 1. The topological polar surface area (TPSA) is 67.3 Å². The second kappa shape index (κ2) is 5.00. The van der Waals surface area contributed by atoms with Crippen molar-refractivity contribution in [1.29, 1.82) is 0 Å². The lowest BCUT2D eigenvalue weighted by Gasteiger charge is -2.09. The molecule has 0 amide bonds. The van der Waals surface area contributed by atoms with Crippen LogP contribution in [0.1, 0.15) is 0 Å². The molecule has 3 heterocycles. The molecule has 0 saturated carbocycles. The van der Waals surface area contributed by atoms with Crippen molar-refractivity contribution in [2.24, 2.45) is 0 Å². The van der Waals surface area contributed by atoms with Crippen LogP contribution in [0.4, 0.5) is 4.39 Å². The Morgan fingerprint density at radius 3 is 2.59 bits per heavy atom. The van der Waals surface area contributed by atoms with Crippen LogP contribution in [0.15, 0.2) is 54.9 Å². The lowest BCUT2D eigenvalue weighted by atomic mass is 10.00. The number of hydrogen-bond acceptors (Lipinski definition) is 4. The fourth-order valence-electron chi connectivity index (χ4n) is 2.39. The molecule has 0 unspecified atom stereocenters. The molecule has 4 rings (SSSR count). The summed E-state index contributed by atoms with van der Waals surface area (Å²) in [5, 5.41) is 10.6. The number of nitrogens with one attached hydrogen (secondary N) is 1. The highest BCUT2D eigenvalue weighted by molar-refractivity contribution is 5.88. The van der Waals surface area contributed by atoms with E-state index in [1.54, 1.807) is 18.5 Å². The summed E-state index contributed by atoms with van der Waals surface area (Å²) in [7, 11) is 0. The Balaban J connectivity index is 2.03. The van der Waals surface area contributed by atoms with Crippen LogP contribution < -0.4 is 0 Å². The monoisotopic (exact) mass is 291 g/mol. The number of rotatable bonds is 2. The molecule has 0 bridgehead atoms. The highest BCUT2D eigenvalue weighted by Crippen LogP contribution is 2.32. The van der Waals surface area contributed by atoms with Crippen molar-refractivity contribution in [3.8, 4) is 22.4 Å². The second-order valence-corrected chi connectivity index (χ2v) is 4.80. The molecular weight excluding hydrogens is 281 g/mol. The maximum Gasteiger partial charge on any atom is 0.202 e. The maximum absolute atomic E-state index is 13.6. The van der Waals surface area contributed by atoms with Crippen LogP contribution in [0.25, 0.3) is 33.5 Å². The highest BCUT2D eigenvalue weighted by Gasteiger charge is 2.13. The first-order valence-electron chi connectivity index (χ1n) is 6.69. The first kappa shape index (κ1) is 12.6. The zero-order chi connectivity index (χ0) is 14.9. The molecule has 1 N–H and O–H groups in total. The summed E-state index contributed by atoms with van der Waals surface area (Å²) in [6.07, 6.45) is 3.41. The Morgan fingerprint density at radius 2 is 1.77 bits per heavy atom. The Labute approximate surface area is 124 Å². The Kier molecular flexibility index (Phi) is 2.86. The summed E-state index contributed by atoms with van der Waals surface area (Å²) in [6.45, 7) is 0. The maximum atomic E-state index is 13.6. The Hall–Kier alpha value is -3.15. The molecule has 5 nitrogen and oxygen atoms in total. The van der Waals surface area contributed by atoms with E-state index in [1.807, 2.05) is 24.3 Å². The number of pyridine rings is 2. The number of aromatic amines is 1. The van der Waals surface area contributed by atoms with Gasteiger partial charge in [0.25, 0.3) is 0 Å². The van der Waals surface area contributed by atoms with Gasteiger partial charge in [0.15, 0.2) is 0 Å². The molecule has 0 aliphatic rings. The molecule has 0 aliphatic heterocycles. The van der Waals surface area contributed by atoms with Crippen molar-refractivity contribution in [2.45, 2.75) is 0 Å². The first-order chi connectivity index (χ1) is 10.8. The smallest absolute Gasteiger partial charge is 0.202 e. The van der Waals surface area contributed by atoms with E-state index in [9.17, 15) is 4.39 Å². The number of benzene rings is 1. The standard InChI is InChI=1S/C16H10FN5/c17-12-3-1-2-11(8-12)15-13(10-4-6-18-7-5-10)9-14-16(19-15)21-22-20-14/h1-9H,(H,19,20,21,22). The largest absolute Gasteiger partial charge is 0.265 e. The van der Waals surface area contributed by atoms with Crippen LogP contribution in [-0.4, -0.2) is 25.4 Å². The van der Waals surface area contributed by atoms with Crippen molar-refractivity contribution in [1.82, 2.24) is 25.4 Å². The summed E-state index contributed by atoms with van der Waals surface area (Å²) >= 11 is 0. The quantitative estimate of drug-likeness (QED) is 0.615. The fourth-order valence-corrected chi connectivity index (χ4v) is 2.39. The average molecular weight is 291 g/mol. The van der Waals surface area contributed by atoms with Gasteiger partial charge in [-0.05, 0) is 35.9 Å². The predicted molar refractivity (Wildman–Crippen MR) is 80.3 cm³/mol. The van der Waals surface area contributed by atoms with E-state index in [0.29, 0.717) is 22.4 Å². The van der Waals surface area contributed by atoms with E-state index in [-0.39, 0.29) is 5.82 Å². The molecule has 3 aromatic heterocycles. The van der Waals surface area contributed by atoms with Crippen molar-refractivity contribution < 1.29 is 4.39 Å². The molecule has 1 aromatic carbocycles. The van der Waals surface area contributed by atoms with E-state index in [1.165, 1.54) is 12.1 Å². The lowest BCUT2D eigenvalue weighted by Crippen LogP contribution is -1.92. The minimum atomic E-state index is -0.305. The van der Waals surface area contributed by atoms with E-state index in [4.69, 9.17) is 0 Å². The number of fused-ring (bicyclic) bond motifs is 1. The van der Waals surface area contributed by atoms with E-state index >= 15 is 0 Å². The third-order valence-electron chi connectivity index (χ3n) is 3.40. The normalized spacial score (nSPS) is 11.0. The number of nitrogens with zero attached hydrogens (tertiary/aromatic N) is 4. The van der Waals surface area contributed by atoms with Crippen molar-refractivity contribution in [3.05, 3.63) is 60.7 Å². The van der Waals surface area contributed by atoms with Crippen LogP contribution in [0.3, 0.4) is 0 Å². The molecule has 0 atom stereocenters. The SMILES string of the molecule is Fc1cccc(-c2nc3n[nH]nc3cc2-c2ccncc2)c1. The van der Waals surface area contributed by atoms with Gasteiger partial charge in [-0.1, -0.05) is 12.1 Å². The van der Waals surface area contributed by atoms with Gasteiger partial charge in [0.2, 0.25) is 5.65 Å². The molecule has 22 heavy (non-hydrogen) atoms. The zero-order valence-electron chi connectivity index (χ0n) is 11.4. The van der Waals surface area contributed by atoms with Crippen LogP contribution in [0.2, 0.25) is 0 Å². The number of hydrogen-bond donors (Lipinski definition) is 1. The average Bonchev–Trinajstić information content (AvgIpc) is 3.02. The summed E-state index contributed by atoms with van der Waals surface area (Å²) in [5.74, 6) is -0.305. The van der Waals surface area contributed by atoms with Gasteiger partial charge < -0.3 is 0 Å². The van der Waals surface area contributed by atoms with Crippen LogP contribution in [0, 0.1) is 5.82 Å². The van der Waals surface area contributed by atoms with Gasteiger partial charge in [-0.15, -0.1) is 5.10 Å². The Morgan fingerprint density at radius 1 is 0.909 bits per heavy atom. The lowest BCUT2D eigenvalue weighted by molar-refractivity contribution is 0.628. The molecule has 0 fully saturated rings. The molecule has 0 radical (unpaired) electrons. The number of aromatic nitrogens is 5. The highest BCUT2D eigenvalue weighted by atomic mass is 19.1. The van der Waals surface area contributed by atoms with Crippen molar-refractivity contribution in [2.75, 3.05) is 0 Å². The predicted octanol–water partition coefficient (Wildman–Crippen LogP) is 3.22. The molecular formula is C16H10FN5. The molecule has 0 spiro atoms. The minimum Gasteiger partial charge on any atom is -0.265 e. The first-order valence-corrected chi connectivity index (χ1v) is 6.69. The Bertz CT molecular complexity index is 949. The van der Waals surface area contributed by atoms with Gasteiger partial charge in [0.1, 0.15) is 11.3 Å². The van der Waals surface area contributed by atoms with Gasteiger partial charge in [-0.2, -0.15) is 10.3 Å². The molecule has 6 heteroatoms. The van der Waals surface area contributed by atoms with Gasteiger partial charge in [-0.3, -0.25) is 4.98 Å². The van der Waals surface area contributed by atoms with Crippen LogP contribution in [-0.2, 0) is 0 Å². The van der Waals surface area contributed by atoms with Crippen molar-refractivity contribution in [3.63, 3.8) is 0 Å². The van der Waals surface area contributed by atoms with Crippen LogP contribution >= 0.6 is 0 Å². The van der Waals surface area contributed by atoms with E-state index < -0.39 is 0 Å². The third kappa shape index (κ3) is 2.10. The zero-order valence-corrected chi connectivity index (χ0v) is 11.4. The van der Waals surface area contributed by atoms with Gasteiger partial charge in [0, 0.05) is 23.5 Å². The summed E-state index contributed by atoms with van der Waals surface area (Å²) < 4.78 is 13.6. The minimum absolute atomic E-state index is 0.305. The molecule has 0 aliphatic carbocycles.